The Kier molecular flexibility index (Phi) is 7.30. The van der Waals surface area contributed by atoms with Gasteiger partial charge in [0.05, 0.1) is 16.4 Å². The van der Waals surface area contributed by atoms with Crippen molar-refractivity contribution in [1.29, 1.82) is 0 Å². The number of para-hydroxylation sites is 1. The number of hydrogen-bond donors (Lipinski definition) is 2. The van der Waals surface area contributed by atoms with Gasteiger partial charge in [0.2, 0.25) is 5.91 Å². The molecule has 0 bridgehead atoms. The highest BCUT2D eigenvalue weighted by Gasteiger charge is 2.35. The summed E-state index contributed by atoms with van der Waals surface area (Å²) in [4.78, 5) is 33.6. The highest BCUT2D eigenvalue weighted by Crippen LogP contribution is 2.33. The normalized spacial score (nSPS) is 15.0. The largest absolute Gasteiger partial charge is 0.322 e. The number of benzene rings is 3. The zero-order valence-corrected chi connectivity index (χ0v) is 21.1. The van der Waals surface area contributed by atoms with Crippen LogP contribution in [0.3, 0.4) is 0 Å². The maximum Gasteiger partial charge on any atom is 0.322 e. The molecule has 0 aliphatic carbocycles. The fraction of sp³-hybridized carbons (Fsp3) is 0.179. The van der Waals surface area contributed by atoms with Gasteiger partial charge < -0.3 is 15.5 Å². The Labute approximate surface area is 218 Å². The van der Waals surface area contributed by atoms with Crippen LogP contribution in [0.4, 0.5) is 15.6 Å². The molecule has 1 fully saturated rings. The van der Waals surface area contributed by atoms with Gasteiger partial charge in [0.15, 0.2) is 5.13 Å². The number of carbonyl (C=O) groups excluding carboxylic acids is 2. The second kappa shape index (κ2) is 10.9. The number of aromatic nitrogens is 1. The Balaban J connectivity index is 1.34. The first kappa shape index (κ1) is 24.0. The summed E-state index contributed by atoms with van der Waals surface area (Å²) in [7, 11) is 0. The Hall–Kier alpha value is -3.68. The third-order valence-corrected chi connectivity index (χ3v) is 7.41. The lowest BCUT2D eigenvalue weighted by Crippen LogP contribution is -2.45. The van der Waals surface area contributed by atoms with Gasteiger partial charge in [-0.1, -0.05) is 84.4 Å². The van der Waals surface area contributed by atoms with Gasteiger partial charge in [-0.05, 0) is 30.5 Å². The fourth-order valence-electron chi connectivity index (χ4n) is 4.35. The van der Waals surface area contributed by atoms with E-state index in [-0.39, 0.29) is 11.9 Å². The molecular formula is C28H25ClN4O2S. The average molecular weight is 517 g/mol. The third kappa shape index (κ3) is 5.42. The van der Waals surface area contributed by atoms with Crippen LogP contribution >= 0.6 is 22.9 Å². The molecule has 0 spiro atoms. The lowest BCUT2D eigenvalue weighted by Gasteiger charge is -2.24. The highest BCUT2D eigenvalue weighted by molar-refractivity contribution is 7.16. The lowest BCUT2D eigenvalue weighted by molar-refractivity contribution is -0.119. The molecule has 0 radical (unpaired) electrons. The number of amides is 3. The molecule has 1 aliphatic heterocycles. The van der Waals surface area contributed by atoms with E-state index < -0.39 is 6.04 Å². The molecule has 0 unspecified atom stereocenters. The van der Waals surface area contributed by atoms with Gasteiger partial charge in [-0.2, -0.15) is 0 Å². The maximum atomic E-state index is 13.3. The number of nitrogens with one attached hydrogen (secondary N) is 2. The Morgan fingerprint density at radius 3 is 2.39 bits per heavy atom. The van der Waals surface area contributed by atoms with Crippen LogP contribution in [0.15, 0.2) is 84.9 Å². The summed E-state index contributed by atoms with van der Waals surface area (Å²) in [6.07, 6.45) is 2.06. The van der Waals surface area contributed by atoms with Crippen molar-refractivity contribution in [1.82, 2.24) is 9.88 Å². The quantitative estimate of drug-likeness (QED) is 0.300. The number of nitrogens with zero attached hydrogens (tertiary/aromatic N) is 2. The molecule has 3 aromatic carbocycles. The number of carbonyl (C=O) groups is 2. The summed E-state index contributed by atoms with van der Waals surface area (Å²) in [6, 6.07) is 26.3. The first-order valence-corrected chi connectivity index (χ1v) is 13.0. The van der Waals surface area contributed by atoms with Crippen molar-refractivity contribution in [3.05, 3.63) is 100 Å². The minimum absolute atomic E-state index is 0.235. The summed E-state index contributed by atoms with van der Waals surface area (Å²) in [5.74, 6) is -0.235. The number of hydrogen-bond acceptors (Lipinski definition) is 4. The van der Waals surface area contributed by atoms with E-state index in [0.29, 0.717) is 35.2 Å². The number of thiazole rings is 1. The van der Waals surface area contributed by atoms with Crippen molar-refractivity contribution in [2.45, 2.75) is 25.3 Å². The predicted octanol–water partition coefficient (Wildman–Crippen LogP) is 6.69. The molecule has 8 heteroatoms. The van der Waals surface area contributed by atoms with Crippen molar-refractivity contribution in [3.63, 3.8) is 0 Å². The van der Waals surface area contributed by atoms with Crippen LogP contribution in [0.2, 0.25) is 5.02 Å². The minimum Gasteiger partial charge on any atom is -0.312 e. The van der Waals surface area contributed by atoms with Gasteiger partial charge in [-0.25, -0.2) is 9.78 Å². The van der Waals surface area contributed by atoms with Crippen molar-refractivity contribution in [3.8, 4) is 11.3 Å². The molecule has 3 amide bonds. The summed E-state index contributed by atoms with van der Waals surface area (Å²) >= 11 is 7.66. The molecule has 1 atom stereocenters. The summed E-state index contributed by atoms with van der Waals surface area (Å²) in [5.41, 5.74) is 3.56. The van der Waals surface area contributed by atoms with E-state index in [2.05, 4.69) is 22.8 Å². The van der Waals surface area contributed by atoms with Gasteiger partial charge in [-0.15, -0.1) is 11.3 Å². The Morgan fingerprint density at radius 1 is 0.944 bits per heavy atom. The molecular weight excluding hydrogens is 492 g/mol. The first-order valence-electron chi connectivity index (χ1n) is 11.8. The maximum absolute atomic E-state index is 13.3. The number of urea groups is 1. The van der Waals surface area contributed by atoms with Crippen molar-refractivity contribution in [2.24, 2.45) is 0 Å². The number of rotatable bonds is 6. The Morgan fingerprint density at radius 2 is 1.64 bits per heavy atom. The van der Waals surface area contributed by atoms with Crippen molar-refractivity contribution in [2.75, 3.05) is 17.2 Å². The SMILES string of the molecule is O=C(Nc1nc(-c2ccccc2)c(Cc2ccccc2)s1)[C@H]1CCCN1C(=O)Nc1ccccc1Cl. The van der Waals surface area contributed by atoms with E-state index in [0.717, 1.165) is 22.6 Å². The fourth-order valence-corrected chi connectivity index (χ4v) is 5.55. The van der Waals surface area contributed by atoms with E-state index in [9.17, 15) is 9.59 Å². The van der Waals surface area contributed by atoms with Crippen LogP contribution in [0, 0.1) is 0 Å². The summed E-state index contributed by atoms with van der Waals surface area (Å²) in [6.45, 7) is 0.501. The third-order valence-electron chi connectivity index (χ3n) is 6.11. The summed E-state index contributed by atoms with van der Waals surface area (Å²) in [5, 5.41) is 6.79. The molecule has 0 saturated carbocycles. The Bertz CT molecular complexity index is 1360. The smallest absolute Gasteiger partial charge is 0.312 e. The molecule has 1 aromatic heterocycles. The van der Waals surface area contributed by atoms with E-state index in [1.54, 1.807) is 29.2 Å². The van der Waals surface area contributed by atoms with Gasteiger partial charge in [0.1, 0.15) is 6.04 Å². The standard InChI is InChI=1S/C28H25ClN4O2S/c29-21-14-7-8-15-22(21)30-28(35)33-17-9-16-23(33)26(34)32-27-31-25(20-12-5-2-6-13-20)24(36-27)18-19-10-3-1-4-11-19/h1-8,10-15,23H,9,16-18H2,(H,30,35)(H,31,32,34)/t23-/m1/s1. The minimum atomic E-state index is -0.575. The number of halogens is 1. The average Bonchev–Trinajstić information content (AvgIpc) is 3.54. The monoisotopic (exact) mass is 516 g/mol. The molecule has 182 valence electrons. The molecule has 1 saturated heterocycles. The van der Waals surface area contributed by atoms with Crippen LogP contribution in [0.1, 0.15) is 23.3 Å². The number of likely N-dealkylation sites (tertiary alicyclic amines) is 1. The predicted molar refractivity (Wildman–Crippen MR) is 146 cm³/mol. The van der Waals surface area contributed by atoms with E-state index in [1.165, 1.54) is 16.9 Å². The molecule has 4 aromatic rings. The van der Waals surface area contributed by atoms with Crippen molar-refractivity contribution < 1.29 is 9.59 Å². The molecule has 2 N–H and O–H groups in total. The van der Waals surface area contributed by atoms with Gasteiger partial charge in [0.25, 0.3) is 0 Å². The first-order chi connectivity index (χ1) is 17.6. The van der Waals surface area contributed by atoms with Crippen LogP contribution in [-0.2, 0) is 11.2 Å². The van der Waals surface area contributed by atoms with Gasteiger partial charge >= 0.3 is 6.03 Å². The van der Waals surface area contributed by atoms with Gasteiger partial charge in [0, 0.05) is 23.4 Å². The second-order valence-corrected chi connectivity index (χ2v) is 10.1. The van der Waals surface area contributed by atoms with Crippen LogP contribution in [0.25, 0.3) is 11.3 Å². The zero-order chi connectivity index (χ0) is 24.9. The molecule has 5 rings (SSSR count). The van der Waals surface area contributed by atoms with Crippen LogP contribution in [-0.4, -0.2) is 34.4 Å². The summed E-state index contributed by atoms with van der Waals surface area (Å²) < 4.78 is 0. The zero-order valence-electron chi connectivity index (χ0n) is 19.5. The van der Waals surface area contributed by atoms with Crippen molar-refractivity contribution >= 4 is 45.7 Å². The van der Waals surface area contributed by atoms with E-state index in [4.69, 9.17) is 16.6 Å². The van der Waals surface area contributed by atoms with Crippen LogP contribution < -0.4 is 10.6 Å². The lowest BCUT2D eigenvalue weighted by atomic mass is 10.1. The number of anilines is 2. The second-order valence-electron chi connectivity index (χ2n) is 8.57. The topological polar surface area (TPSA) is 74.3 Å². The highest BCUT2D eigenvalue weighted by atomic mass is 35.5. The van der Waals surface area contributed by atoms with E-state index in [1.807, 2.05) is 48.5 Å². The molecule has 36 heavy (non-hydrogen) atoms. The van der Waals surface area contributed by atoms with E-state index >= 15 is 0 Å². The van der Waals surface area contributed by atoms with Gasteiger partial charge in [-0.3, -0.25) is 4.79 Å². The molecule has 1 aliphatic rings. The molecule has 2 heterocycles. The molecule has 6 nitrogen and oxygen atoms in total. The van der Waals surface area contributed by atoms with Crippen LogP contribution in [0.5, 0.6) is 0 Å².